The Bertz CT molecular complexity index is 446. The van der Waals surface area contributed by atoms with Crippen molar-refractivity contribution in [3.8, 4) is 11.5 Å². The SMILES string of the molecule is COc1ccc(OCC2CC3CCC2C3)c(CN)c1. The van der Waals surface area contributed by atoms with Gasteiger partial charge < -0.3 is 15.2 Å². The summed E-state index contributed by atoms with van der Waals surface area (Å²) in [5.74, 6) is 4.40. The number of fused-ring (bicyclic) bond motifs is 2. The van der Waals surface area contributed by atoms with Crippen molar-refractivity contribution in [3.63, 3.8) is 0 Å². The summed E-state index contributed by atoms with van der Waals surface area (Å²) in [5, 5.41) is 0. The minimum absolute atomic E-state index is 0.489. The van der Waals surface area contributed by atoms with Crippen molar-refractivity contribution in [1.29, 1.82) is 0 Å². The summed E-state index contributed by atoms with van der Waals surface area (Å²) in [6, 6.07) is 5.89. The normalized spacial score (nSPS) is 28.6. The number of hydrogen-bond acceptors (Lipinski definition) is 3. The van der Waals surface area contributed by atoms with E-state index in [-0.39, 0.29) is 0 Å². The van der Waals surface area contributed by atoms with E-state index >= 15 is 0 Å². The molecule has 2 saturated carbocycles. The predicted molar refractivity (Wildman–Crippen MR) is 75.3 cm³/mol. The van der Waals surface area contributed by atoms with Crippen LogP contribution in [0.4, 0.5) is 0 Å². The van der Waals surface area contributed by atoms with E-state index in [0.717, 1.165) is 41.4 Å². The summed E-state index contributed by atoms with van der Waals surface area (Å²) in [7, 11) is 1.67. The maximum absolute atomic E-state index is 6.03. The maximum atomic E-state index is 6.03. The Morgan fingerprint density at radius 2 is 2.16 bits per heavy atom. The molecule has 0 saturated heterocycles. The number of ether oxygens (including phenoxy) is 2. The molecular weight excluding hydrogens is 238 g/mol. The number of nitrogens with two attached hydrogens (primary N) is 1. The van der Waals surface area contributed by atoms with Crippen LogP contribution in [-0.2, 0) is 6.54 Å². The zero-order valence-electron chi connectivity index (χ0n) is 11.6. The van der Waals surface area contributed by atoms with E-state index in [1.807, 2.05) is 18.2 Å². The number of rotatable bonds is 5. The molecule has 3 nitrogen and oxygen atoms in total. The molecular formula is C16H23NO2. The van der Waals surface area contributed by atoms with E-state index in [9.17, 15) is 0 Å². The molecule has 19 heavy (non-hydrogen) atoms. The van der Waals surface area contributed by atoms with E-state index in [1.165, 1.54) is 25.7 Å². The number of hydrogen-bond donors (Lipinski definition) is 1. The first-order valence-corrected chi connectivity index (χ1v) is 7.30. The molecule has 2 N–H and O–H groups in total. The minimum atomic E-state index is 0.489. The van der Waals surface area contributed by atoms with Gasteiger partial charge >= 0.3 is 0 Å². The van der Waals surface area contributed by atoms with Crippen molar-refractivity contribution in [2.24, 2.45) is 23.5 Å². The van der Waals surface area contributed by atoms with Gasteiger partial charge in [0.1, 0.15) is 11.5 Å². The highest BCUT2D eigenvalue weighted by Gasteiger charge is 2.39. The average molecular weight is 261 g/mol. The molecule has 3 heteroatoms. The number of methoxy groups -OCH3 is 1. The Kier molecular flexibility index (Phi) is 3.65. The Balaban J connectivity index is 1.63. The standard InChI is InChI=1S/C16H23NO2/c1-18-15-4-5-16(13(8-15)9-17)19-10-14-7-11-2-3-12(14)6-11/h4-5,8,11-12,14H,2-3,6-7,9-10,17H2,1H3. The summed E-state index contributed by atoms with van der Waals surface area (Å²) in [4.78, 5) is 0. The third kappa shape index (κ3) is 2.57. The van der Waals surface area contributed by atoms with Gasteiger partial charge in [-0.25, -0.2) is 0 Å². The molecule has 104 valence electrons. The van der Waals surface area contributed by atoms with Crippen molar-refractivity contribution in [1.82, 2.24) is 0 Å². The van der Waals surface area contributed by atoms with Crippen LogP contribution in [0.2, 0.25) is 0 Å². The third-order valence-corrected chi connectivity index (χ3v) is 4.83. The molecule has 0 heterocycles. The van der Waals surface area contributed by atoms with Crippen LogP contribution in [0.5, 0.6) is 11.5 Å². The smallest absolute Gasteiger partial charge is 0.124 e. The zero-order valence-corrected chi connectivity index (χ0v) is 11.6. The predicted octanol–water partition coefficient (Wildman–Crippen LogP) is 2.97. The van der Waals surface area contributed by atoms with Gasteiger partial charge in [-0.15, -0.1) is 0 Å². The minimum Gasteiger partial charge on any atom is -0.497 e. The monoisotopic (exact) mass is 261 g/mol. The highest BCUT2D eigenvalue weighted by molar-refractivity contribution is 5.40. The Morgan fingerprint density at radius 1 is 1.26 bits per heavy atom. The van der Waals surface area contributed by atoms with Gasteiger partial charge in [0.25, 0.3) is 0 Å². The second-order valence-corrected chi connectivity index (χ2v) is 5.92. The van der Waals surface area contributed by atoms with Crippen LogP contribution in [0.25, 0.3) is 0 Å². The van der Waals surface area contributed by atoms with Gasteiger partial charge in [-0.1, -0.05) is 6.42 Å². The van der Waals surface area contributed by atoms with Crippen molar-refractivity contribution in [3.05, 3.63) is 23.8 Å². The van der Waals surface area contributed by atoms with Gasteiger partial charge in [0.2, 0.25) is 0 Å². The van der Waals surface area contributed by atoms with Crippen molar-refractivity contribution < 1.29 is 9.47 Å². The second-order valence-electron chi connectivity index (χ2n) is 5.92. The Morgan fingerprint density at radius 3 is 2.79 bits per heavy atom. The molecule has 1 aromatic rings. The van der Waals surface area contributed by atoms with Crippen LogP contribution in [0.1, 0.15) is 31.2 Å². The topological polar surface area (TPSA) is 44.5 Å². The van der Waals surface area contributed by atoms with E-state index in [0.29, 0.717) is 6.54 Å². The fourth-order valence-electron chi connectivity index (χ4n) is 3.76. The lowest BCUT2D eigenvalue weighted by molar-refractivity contribution is 0.194. The summed E-state index contributed by atoms with van der Waals surface area (Å²) in [6.45, 7) is 1.34. The average Bonchev–Trinajstić information content (AvgIpc) is 3.07. The molecule has 2 aliphatic rings. The van der Waals surface area contributed by atoms with Gasteiger partial charge in [0.15, 0.2) is 0 Å². The first-order valence-electron chi connectivity index (χ1n) is 7.30. The summed E-state index contributed by atoms with van der Waals surface area (Å²) in [5.41, 5.74) is 6.81. The third-order valence-electron chi connectivity index (χ3n) is 4.83. The van der Waals surface area contributed by atoms with Crippen LogP contribution in [0, 0.1) is 17.8 Å². The number of benzene rings is 1. The molecule has 3 unspecified atom stereocenters. The van der Waals surface area contributed by atoms with Crippen molar-refractivity contribution in [2.75, 3.05) is 13.7 Å². The van der Waals surface area contributed by atoms with Crippen LogP contribution in [0.15, 0.2) is 18.2 Å². The molecule has 0 radical (unpaired) electrons. The summed E-state index contributed by atoms with van der Waals surface area (Å²) in [6.07, 6.45) is 5.64. The second kappa shape index (κ2) is 5.41. The first-order chi connectivity index (χ1) is 9.30. The summed E-state index contributed by atoms with van der Waals surface area (Å²) >= 11 is 0. The fourth-order valence-corrected chi connectivity index (χ4v) is 3.76. The van der Waals surface area contributed by atoms with Gasteiger partial charge in [-0.2, -0.15) is 0 Å². The fraction of sp³-hybridized carbons (Fsp3) is 0.625. The molecule has 0 spiro atoms. The zero-order chi connectivity index (χ0) is 13.2. The molecule has 3 atom stereocenters. The lowest BCUT2D eigenvalue weighted by atomic mass is 9.89. The maximum Gasteiger partial charge on any atom is 0.124 e. The highest BCUT2D eigenvalue weighted by Crippen LogP contribution is 2.48. The first kappa shape index (κ1) is 12.8. The van der Waals surface area contributed by atoms with Crippen molar-refractivity contribution >= 4 is 0 Å². The molecule has 1 aromatic carbocycles. The van der Waals surface area contributed by atoms with Gasteiger partial charge in [-0.05, 0) is 55.2 Å². The van der Waals surface area contributed by atoms with Gasteiger partial charge in [0, 0.05) is 12.1 Å². The molecule has 2 aliphatic carbocycles. The lowest BCUT2D eigenvalue weighted by Gasteiger charge is -2.22. The van der Waals surface area contributed by atoms with E-state index in [2.05, 4.69) is 0 Å². The molecule has 0 aliphatic heterocycles. The van der Waals surface area contributed by atoms with Gasteiger partial charge in [-0.3, -0.25) is 0 Å². The van der Waals surface area contributed by atoms with E-state index in [1.54, 1.807) is 7.11 Å². The van der Waals surface area contributed by atoms with Crippen LogP contribution < -0.4 is 15.2 Å². The molecule has 0 amide bonds. The summed E-state index contributed by atoms with van der Waals surface area (Å²) < 4.78 is 11.2. The molecule has 0 aromatic heterocycles. The Labute approximate surface area is 115 Å². The highest BCUT2D eigenvalue weighted by atomic mass is 16.5. The quantitative estimate of drug-likeness (QED) is 0.886. The molecule has 2 bridgehead atoms. The molecule has 2 fully saturated rings. The largest absolute Gasteiger partial charge is 0.497 e. The Hall–Kier alpha value is -1.22. The van der Waals surface area contributed by atoms with Crippen molar-refractivity contribution in [2.45, 2.75) is 32.2 Å². The van der Waals surface area contributed by atoms with Crippen LogP contribution in [-0.4, -0.2) is 13.7 Å². The van der Waals surface area contributed by atoms with E-state index < -0.39 is 0 Å². The van der Waals surface area contributed by atoms with Gasteiger partial charge in [0.05, 0.1) is 13.7 Å². The van der Waals surface area contributed by atoms with E-state index in [4.69, 9.17) is 15.2 Å². The van der Waals surface area contributed by atoms with Crippen LogP contribution in [0.3, 0.4) is 0 Å². The lowest BCUT2D eigenvalue weighted by Crippen LogP contribution is -2.19. The molecule has 3 rings (SSSR count). The van der Waals surface area contributed by atoms with Crippen LogP contribution >= 0.6 is 0 Å².